The molecule has 0 spiro atoms. The summed E-state index contributed by atoms with van der Waals surface area (Å²) in [6, 6.07) is 0. The quantitative estimate of drug-likeness (QED) is 0.712. The van der Waals surface area contributed by atoms with E-state index < -0.39 is 0 Å². The average Bonchev–Trinajstić information content (AvgIpc) is 2.36. The number of hydrogen-bond donors (Lipinski definition) is 1. The van der Waals surface area contributed by atoms with Crippen molar-refractivity contribution in [1.29, 1.82) is 0 Å². The highest BCUT2D eigenvalue weighted by Crippen LogP contribution is 2.09. The van der Waals surface area contributed by atoms with Crippen LogP contribution >= 0.6 is 0 Å². The Hall–Kier alpha value is -0.650. The molecule has 1 aliphatic heterocycles. The first-order valence-electron chi connectivity index (χ1n) is 6.48. The monoisotopic (exact) mass is 244 g/mol. The molecule has 1 fully saturated rings. The molecule has 17 heavy (non-hydrogen) atoms. The van der Waals surface area contributed by atoms with Gasteiger partial charge >= 0.3 is 0 Å². The van der Waals surface area contributed by atoms with Crippen molar-refractivity contribution in [3.63, 3.8) is 0 Å². The summed E-state index contributed by atoms with van der Waals surface area (Å²) >= 11 is 0. The van der Waals surface area contributed by atoms with E-state index in [1.54, 1.807) is 0 Å². The molecule has 1 rings (SSSR count). The van der Waals surface area contributed by atoms with Gasteiger partial charge in [-0.1, -0.05) is 6.92 Å². The Labute approximate surface area is 103 Å². The van der Waals surface area contributed by atoms with Gasteiger partial charge in [0.15, 0.2) is 6.29 Å². The number of hydrogen-bond acceptors (Lipinski definition) is 4. The van der Waals surface area contributed by atoms with Crippen molar-refractivity contribution in [2.45, 2.75) is 33.0 Å². The maximum absolute atomic E-state index is 11.4. The zero-order valence-corrected chi connectivity index (χ0v) is 10.9. The van der Waals surface area contributed by atoms with Crippen LogP contribution in [0.25, 0.3) is 0 Å². The van der Waals surface area contributed by atoms with Crippen molar-refractivity contribution in [2.24, 2.45) is 0 Å². The maximum atomic E-state index is 11.4. The summed E-state index contributed by atoms with van der Waals surface area (Å²) in [7, 11) is 0. The Morgan fingerprint density at radius 3 is 2.65 bits per heavy atom. The second kappa shape index (κ2) is 8.44. The first-order chi connectivity index (χ1) is 8.26. The summed E-state index contributed by atoms with van der Waals surface area (Å²) in [6.45, 7) is 8.39. The first kappa shape index (κ1) is 14.4. The third-order valence-corrected chi connectivity index (χ3v) is 2.77. The Morgan fingerprint density at radius 2 is 2.06 bits per heavy atom. The van der Waals surface area contributed by atoms with E-state index in [1.807, 2.05) is 6.92 Å². The van der Waals surface area contributed by atoms with Crippen molar-refractivity contribution in [1.82, 2.24) is 10.2 Å². The highest BCUT2D eigenvalue weighted by molar-refractivity contribution is 5.77. The Morgan fingerprint density at radius 1 is 1.35 bits per heavy atom. The van der Waals surface area contributed by atoms with Gasteiger partial charge in [0.25, 0.3) is 0 Å². The minimum absolute atomic E-state index is 0.0832. The van der Waals surface area contributed by atoms with Crippen LogP contribution in [0.2, 0.25) is 0 Å². The number of carbonyl (C=O) groups excluding carboxylic acids is 1. The topological polar surface area (TPSA) is 50.8 Å². The Kier molecular flexibility index (Phi) is 7.16. The van der Waals surface area contributed by atoms with Crippen LogP contribution in [0.15, 0.2) is 0 Å². The standard InChI is InChI=1S/C12H24N2O3/c1-3-13-11(15)10-14(4-2)7-6-12-16-8-5-9-17-12/h12H,3-10H2,1-2H3,(H,13,15). The largest absolute Gasteiger partial charge is 0.355 e. The molecular weight excluding hydrogens is 220 g/mol. The lowest BCUT2D eigenvalue weighted by molar-refractivity contribution is -0.182. The lowest BCUT2D eigenvalue weighted by atomic mass is 10.3. The fourth-order valence-electron chi connectivity index (χ4n) is 1.80. The minimum atomic E-state index is -0.0907. The van der Waals surface area contributed by atoms with E-state index in [1.165, 1.54) is 0 Å². The molecule has 0 unspecified atom stereocenters. The summed E-state index contributed by atoms with van der Waals surface area (Å²) in [5, 5.41) is 2.81. The second-order valence-electron chi connectivity index (χ2n) is 4.14. The van der Waals surface area contributed by atoms with Crippen LogP contribution in [0.3, 0.4) is 0 Å². The van der Waals surface area contributed by atoms with Gasteiger partial charge in [0.2, 0.25) is 5.91 Å². The van der Waals surface area contributed by atoms with E-state index in [9.17, 15) is 4.79 Å². The maximum Gasteiger partial charge on any atom is 0.234 e. The number of nitrogens with one attached hydrogen (secondary N) is 1. The summed E-state index contributed by atoms with van der Waals surface area (Å²) in [4.78, 5) is 13.6. The summed E-state index contributed by atoms with van der Waals surface area (Å²) in [5.74, 6) is 0.0832. The van der Waals surface area contributed by atoms with Gasteiger partial charge in [-0.25, -0.2) is 0 Å². The lowest BCUT2D eigenvalue weighted by Gasteiger charge is -2.26. The number of likely N-dealkylation sites (N-methyl/N-ethyl adjacent to an activating group) is 2. The predicted molar refractivity (Wildman–Crippen MR) is 65.7 cm³/mol. The van der Waals surface area contributed by atoms with Crippen LogP contribution in [-0.2, 0) is 14.3 Å². The van der Waals surface area contributed by atoms with E-state index in [2.05, 4.69) is 17.1 Å². The fraction of sp³-hybridized carbons (Fsp3) is 0.917. The molecule has 1 amide bonds. The van der Waals surface area contributed by atoms with Crippen molar-refractivity contribution in [3.05, 3.63) is 0 Å². The van der Waals surface area contributed by atoms with E-state index in [0.29, 0.717) is 13.1 Å². The molecule has 0 aromatic heterocycles. The summed E-state index contributed by atoms with van der Waals surface area (Å²) < 4.78 is 11.0. The van der Waals surface area contributed by atoms with Gasteiger partial charge in [-0.05, 0) is 19.9 Å². The molecule has 0 aromatic carbocycles. The molecule has 1 heterocycles. The number of carbonyl (C=O) groups is 1. The Balaban J connectivity index is 2.19. The zero-order chi connectivity index (χ0) is 12.5. The van der Waals surface area contributed by atoms with E-state index in [4.69, 9.17) is 9.47 Å². The van der Waals surface area contributed by atoms with Crippen molar-refractivity contribution < 1.29 is 14.3 Å². The number of rotatable bonds is 7. The molecular formula is C12H24N2O3. The highest BCUT2D eigenvalue weighted by atomic mass is 16.7. The van der Waals surface area contributed by atoms with Crippen LogP contribution in [-0.4, -0.2) is 56.5 Å². The summed E-state index contributed by atoms with van der Waals surface area (Å²) in [6.07, 6.45) is 1.71. The van der Waals surface area contributed by atoms with Gasteiger partial charge < -0.3 is 14.8 Å². The highest BCUT2D eigenvalue weighted by Gasteiger charge is 2.16. The molecule has 0 bridgehead atoms. The molecule has 5 nitrogen and oxygen atoms in total. The fourth-order valence-corrected chi connectivity index (χ4v) is 1.80. The Bertz CT molecular complexity index is 218. The number of amides is 1. The smallest absolute Gasteiger partial charge is 0.234 e. The van der Waals surface area contributed by atoms with E-state index in [-0.39, 0.29) is 12.2 Å². The molecule has 0 atom stereocenters. The van der Waals surface area contributed by atoms with Gasteiger partial charge in [-0.15, -0.1) is 0 Å². The molecule has 0 aromatic rings. The van der Waals surface area contributed by atoms with Gasteiger partial charge in [-0.3, -0.25) is 9.69 Å². The second-order valence-corrected chi connectivity index (χ2v) is 4.14. The zero-order valence-electron chi connectivity index (χ0n) is 10.9. The van der Waals surface area contributed by atoms with Crippen LogP contribution in [0.5, 0.6) is 0 Å². The van der Waals surface area contributed by atoms with Crippen molar-refractivity contribution in [3.8, 4) is 0 Å². The van der Waals surface area contributed by atoms with Gasteiger partial charge in [0.05, 0.1) is 19.8 Å². The van der Waals surface area contributed by atoms with E-state index >= 15 is 0 Å². The molecule has 0 radical (unpaired) electrons. The third kappa shape index (κ3) is 6.00. The molecule has 0 saturated carbocycles. The van der Waals surface area contributed by atoms with Gasteiger partial charge in [0.1, 0.15) is 0 Å². The third-order valence-electron chi connectivity index (χ3n) is 2.77. The minimum Gasteiger partial charge on any atom is -0.355 e. The van der Waals surface area contributed by atoms with Crippen molar-refractivity contribution in [2.75, 3.05) is 39.4 Å². The molecule has 1 N–H and O–H groups in total. The van der Waals surface area contributed by atoms with Crippen LogP contribution in [0, 0.1) is 0 Å². The molecule has 1 aliphatic rings. The number of nitrogens with zero attached hydrogens (tertiary/aromatic N) is 1. The predicted octanol–water partition coefficient (Wildman–Crippen LogP) is 0.598. The summed E-state index contributed by atoms with van der Waals surface area (Å²) in [5.41, 5.74) is 0. The molecule has 100 valence electrons. The molecule has 1 saturated heterocycles. The normalized spacial score (nSPS) is 17.4. The SMILES string of the molecule is CCNC(=O)CN(CC)CCC1OCCCO1. The first-order valence-corrected chi connectivity index (χ1v) is 6.48. The molecule has 5 heteroatoms. The van der Waals surface area contributed by atoms with Crippen molar-refractivity contribution >= 4 is 5.91 Å². The van der Waals surface area contributed by atoms with Crippen LogP contribution < -0.4 is 5.32 Å². The van der Waals surface area contributed by atoms with Crippen LogP contribution in [0.4, 0.5) is 0 Å². The van der Waals surface area contributed by atoms with Gasteiger partial charge in [-0.2, -0.15) is 0 Å². The lowest BCUT2D eigenvalue weighted by Crippen LogP contribution is -2.39. The van der Waals surface area contributed by atoms with Gasteiger partial charge in [0, 0.05) is 19.5 Å². The van der Waals surface area contributed by atoms with E-state index in [0.717, 1.165) is 39.1 Å². The molecule has 0 aliphatic carbocycles. The number of ether oxygens (including phenoxy) is 2. The van der Waals surface area contributed by atoms with Crippen LogP contribution in [0.1, 0.15) is 26.7 Å². The average molecular weight is 244 g/mol.